The molecule has 1 heterocycles. The number of amides is 2. The monoisotopic (exact) mass is 341 g/mol. The number of carbonyl (C=O) groups excluding carboxylic acids is 1. The highest BCUT2D eigenvalue weighted by Gasteiger charge is 2.39. The van der Waals surface area contributed by atoms with Crippen LogP contribution in [0.25, 0.3) is 0 Å². The van der Waals surface area contributed by atoms with E-state index in [2.05, 4.69) is 15.6 Å². The largest absolute Gasteiger partial charge is 0.500 e. The van der Waals surface area contributed by atoms with Gasteiger partial charge in [-0.2, -0.15) is 0 Å². The lowest BCUT2D eigenvalue weighted by Gasteiger charge is -2.28. The Balaban J connectivity index is 2.36. The number of carbonyl (C=O) groups is 1. The van der Waals surface area contributed by atoms with E-state index in [4.69, 9.17) is 13.3 Å². The van der Waals surface area contributed by atoms with E-state index in [0.717, 1.165) is 6.42 Å². The summed E-state index contributed by atoms with van der Waals surface area (Å²) >= 11 is 0. The maximum absolute atomic E-state index is 11.8. The average Bonchev–Trinajstić information content (AvgIpc) is 2.53. The molecule has 1 rings (SSSR count). The molecule has 0 spiro atoms. The van der Waals surface area contributed by atoms with Crippen molar-refractivity contribution in [1.29, 1.82) is 0 Å². The molecule has 2 N–H and O–H groups in total. The zero-order valence-corrected chi connectivity index (χ0v) is 15.1. The molecule has 8 heteroatoms. The summed E-state index contributed by atoms with van der Waals surface area (Å²) in [4.78, 5) is 15.7. The molecular weight excluding hydrogens is 314 g/mol. The third-order valence-corrected chi connectivity index (χ3v) is 6.11. The average molecular weight is 341 g/mol. The van der Waals surface area contributed by atoms with Gasteiger partial charge in [0.1, 0.15) is 0 Å². The Kier molecular flexibility index (Phi) is 9.45. The summed E-state index contributed by atoms with van der Waals surface area (Å²) < 4.78 is 17.3. The molecule has 0 unspecified atom stereocenters. The molecule has 0 aliphatic rings. The predicted octanol–water partition coefficient (Wildman–Crippen LogP) is 2.64. The second-order valence-corrected chi connectivity index (χ2v) is 7.44. The lowest BCUT2D eigenvalue weighted by atomic mass is 10.4. The van der Waals surface area contributed by atoms with E-state index < -0.39 is 8.80 Å². The van der Waals surface area contributed by atoms with Crippen LogP contribution >= 0.6 is 0 Å². The number of aromatic nitrogens is 1. The van der Waals surface area contributed by atoms with Crippen LogP contribution in [0.5, 0.6) is 0 Å². The molecular formula is C15H27N3O4Si. The number of nitrogens with zero attached hydrogens (tertiary/aromatic N) is 1. The fraction of sp³-hybridized carbons (Fsp3) is 0.600. The van der Waals surface area contributed by atoms with Crippen LogP contribution in [0.4, 0.5) is 10.5 Å². The van der Waals surface area contributed by atoms with Gasteiger partial charge in [-0.1, -0.05) is 0 Å². The first kappa shape index (κ1) is 19.6. The fourth-order valence-corrected chi connectivity index (χ4v) is 4.73. The SMILES string of the molecule is CCO[Si](CCCNC(=O)Nc1cccnc1)(OCC)OCC. The highest BCUT2D eigenvalue weighted by Crippen LogP contribution is 2.17. The minimum absolute atomic E-state index is 0.255. The summed E-state index contributed by atoms with van der Waals surface area (Å²) in [5, 5.41) is 5.53. The summed E-state index contributed by atoms with van der Waals surface area (Å²) in [5.41, 5.74) is 0.659. The van der Waals surface area contributed by atoms with Crippen LogP contribution < -0.4 is 10.6 Å². The Labute approximate surface area is 139 Å². The number of rotatable bonds is 11. The molecule has 1 aromatic rings. The van der Waals surface area contributed by atoms with Gasteiger partial charge in [0.15, 0.2) is 0 Å². The van der Waals surface area contributed by atoms with Gasteiger partial charge in [-0.05, 0) is 39.3 Å². The van der Waals surface area contributed by atoms with E-state index in [-0.39, 0.29) is 6.03 Å². The molecule has 23 heavy (non-hydrogen) atoms. The molecule has 0 bridgehead atoms. The van der Waals surface area contributed by atoms with Gasteiger partial charge in [0, 0.05) is 38.6 Å². The molecule has 0 saturated carbocycles. The van der Waals surface area contributed by atoms with Crippen molar-refractivity contribution >= 4 is 20.5 Å². The number of pyridine rings is 1. The van der Waals surface area contributed by atoms with Gasteiger partial charge in [-0.3, -0.25) is 4.98 Å². The molecule has 0 aliphatic heterocycles. The molecule has 0 aliphatic carbocycles. The van der Waals surface area contributed by atoms with E-state index in [1.807, 2.05) is 20.8 Å². The Bertz CT molecular complexity index is 431. The summed E-state index contributed by atoms with van der Waals surface area (Å²) in [6.45, 7) is 7.98. The van der Waals surface area contributed by atoms with Crippen LogP contribution in [0, 0.1) is 0 Å². The molecule has 0 radical (unpaired) electrons. The molecule has 1 aromatic heterocycles. The van der Waals surface area contributed by atoms with E-state index in [9.17, 15) is 4.79 Å². The van der Waals surface area contributed by atoms with Gasteiger partial charge in [0.2, 0.25) is 0 Å². The first-order chi connectivity index (χ1) is 11.2. The third-order valence-electron chi connectivity index (χ3n) is 2.96. The first-order valence-electron chi connectivity index (χ1n) is 8.02. The van der Waals surface area contributed by atoms with Gasteiger partial charge in [0.05, 0.1) is 11.9 Å². The Morgan fingerprint density at radius 1 is 1.17 bits per heavy atom. The maximum atomic E-state index is 11.8. The Morgan fingerprint density at radius 3 is 2.35 bits per heavy atom. The smallest absolute Gasteiger partial charge is 0.374 e. The third kappa shape index (κ3) is 7.55. The number of anilines is 1. The van der Waals surface area contributed by atoms with Crippen LogP contribution in [0.1, 0.15) is 27.2 Å². The van der Waals surface area contributed by atoms with Crippen LogP contribution in [-0.2, 0) is 13.3 Å². The Morgan fingerprint density at radius 2 is 1.83 bits per heavy atom. The normalized spacial score (nSPS) is 11.3. The van der Waals surface area contributed by atoms with Gasteiger partial charge >= 0.3 is 14.8 Å². The zero-order chi connectivity index (χ0) is 17.0. The molecule has 0 atom stereocenters. The van der Waals surface area contributed by atoms with Gasteiger partial charge in [0.25, 0.3) is 0 Å². The fourth-order valence-electron chi connectivity index (χ4n) is 2.12. The number of urea groups is 1. The molecule has 0 fully saturated rings. The van der Waals surface area contributed by atoms with Crippen molar-refractivity contribution in [2.75, 3.05) is 31.7 Å². The standard InChI is InChI=1S/C15H27N3O4Si/c1-4-20-23(21-5-2,22-6-3)12-8-11-17-15(19)18-14-9-7-10-16-13-14/h7,9-10,13H,4-6,8,11-12H2,1-3H3,(H2,17,18,19). The Hall–Kier alpha value is -1.48. The highest BCUT2D eigenvalue weighted by molar-refractivity contribution is 6.60. The number of hydrogen-bond acceptors (Lipinski definition) is 5. The summed E-state index contributed by atoms with van der Waals surface area (Å²) in [5.74, 6) is 0. The molecule has 130 valence electrons. The minimum Gasteiger partial charge on any atom is -0.374 e. The topological polar surface area (TPSA) is 81.7 Å². The van der Waals surface area contributed by atoms with Crippen molar-refractivity contribution in [2.45, 2.75) is 33.2 Å². The van der Waals surface area contributed by atoms with Crippen LogP contribution in [-0.4, -0.2) is 46.2 Å². The van der Waals surface area contributed by atoms with E-state index in [0.29, 0.717) is 38.1 Å². The van der Waals surface area contributed by atoms with E-state index in [1.54, 1.807) is 24.5 Å². The quantitative estimate of drug-likeness (QED) is 0.478. The van der Waals surface area contributed by atoms with Gasteiger partial charge in [-0.15, -0.1) is 0 Å². The molecule has 7 nitrogen and oxygen atoms in total. The highest BCUT2D eigenvalue weighted by atomic mass is 28.4. The maximum Gasteiger partial charge on any atom is 0.500 e. The molecule has 0 saturated heterocycles. The lowest BCUT2D eigenvalue weighted by Crippen LogP contribution is -2.46. The second-order valence-electron chi connectivity index (χ2n) is 4.71. The van der Waals surface area contributed by atoms with Crippen molar-refractivity contribution in [3.8, 4) is 0 Å². The van der Waals surface area contributed by atoms with Crippen molar-refractivity contribution in [3.63, 3.8) is 0 Å². The van der Waals surface area contributed by atoms with E-state index >= 15 is 0 Å². The predicted molar refractivity (Wildman–Crippen MR) is 91.3 cm³/mol. The van der Waals surface area contributed by atoms with Crippen LogP contribution in [0.15, 0.2) is 24.5 Å². The molecule has 2 amide bonds. The van der Waals surface area contributed by atoms with Gasteiger partial charge < -0.3 is 23.9 Å². The summed E-state index contributed by atoms with van der Waals surface area (Å²) in [7, 11) is -2.62. The number of hydrogen-bond donors (Lipinski definition) is 2. The summed E-state index contributed by atoms with van der Waals surface area (Å²) in [6.07, 6.45) is 3.98. The number of nitrogens with one attached hydrogen (secondary N) is 2. The van der Waals surface area contributed by atoms with Crippen molar-refractivity contribution in [2.24, 2.45) is 0 Å². The van der Waals surface area contributed by atoms with Crippen molar-refractivity contribution in [1.82, 2.24) is 10.3 Å². The lowest BCUT2D eigenvalue weighted by molar-refractivity contribution is 0.0708. The molecule has 0 aromatic carbocycles. The van der Waals surface area contributed by atoms with E-state index in [1.165, 1.54) is 0 Å². The zero-order valence-electron chi connectivity index (χ0n) is 14.1. The van der Waals surface area contributed by atoms with Crippen LogP contribution in [0.3, 0.4) is 0 Å². The van der Waals surface area contributed by atoms with Crippen molar-refractivity contribution < 1.29 is 18.1 Å². The van der Waals surface area contributed by atoms with Crippen molar-refractivity contribution in [3.05, 3.63) is 24.5 Å². The first-order valence-corrected chi connectivity index (χ1v) is 9.95. The summed E-state index contributed by atoms with van der Waals surface area (Å²) in [6, 6.07) is 3.97. The second kappa shape index (κ2) is 11.1. The van der Waals surface area contributed by atoms with Gasteiger partial charge in [-0.25, -0.2) is 4.79 Å². The van der Waals surface area contributed by atoms with Crippen LogP contribution in [0.2, 0.25) is 6.04 Å². The minimum atomic E-state index is -2.62.